The molecule has 0 aliphatic heterocycles. The van der Waals surface area contributed by atoms with Crippen LogP contribution in [-0.4, -0.2) is 23.4 Å². The summed E-state index contributed by atoms with van der Waals surface area (Å²) in [4.78, 5) is 0. The first-order chi connectivity index (χ1) is 7.79. The highest BCUT2D eigenvalue weighted by molar-refractivity contribution is 5.31. The quantitative estimate of drug-likeness (QED) is 0.737. The first-order valence-electron chi connectivity index (χ1n) is 5.53. The normalized spacial score (nSPS) is 11.4. The number of rotatable bonds is 7. The van der Waals surface area contributed by atoms with Crippen molar-refractivity contribution >= 4 is 0 Å². The molecule has 0 bridgehead atoms. The van der Waals surface area contributed by atoms with Gasteiger partial charge in [0.2, 0.25) is 0 Å². The molecule has 0 saturated heterocycles. The van der Waals surface area contributed by atoms with Crippen LogP contribution < -0.4 is 0 Å². The van der Waals surface area contributed by atoms with Gasteiger partial charge in [0.15, 0.2) is 0 Å². The van der Waals surface area contributed by atoms with E-state index in [1.165, 1.54) is 0 Å². The molecule has 1 aromatic rings. The SMILES string of the molecule is C=C[CH]C(CCO)(CCO)c1ccccc1. The maximum atomic E-state index is 9.18. The summed E-state index contributed by atoms with van der Waals surface area (Å²) in [6.45, 7) is 3.91. The van der Waals surface area contributed by atoms with Crippen LogP contribution >= 0.6 is 0 Å². The minimum atomic E-state index is -0.299. The molecule has 2 N–H and O–H groups in total. The van der Waals surface area contributed by atoms with Crippen molar-refractivity contribution in [2.45, 2.75) is 18.3 Å². The molecule has 16 heavy (non-hydrogen) atoms. The zero-order chi connectivity index (χ0) is 11.9. The standard InChI is InChI=1S/C14H19O2/c1-2-8-14(9-11-15,10-12-16)13-6-4-3-5-7-13/h2-8,15-16H,1,9-12H2. The molecule has 0 spiro atoms. The Bertz CT molecular complexity index is 300. The second-order valence-electron chi connectivity index (χ2n) is 3.87. The second kappa shape index (κ2) is 6.46. The van der Waals surface area contributed by atoms with Crippen molar-refractivity contribution in [3.63, 3.8) is 0 Å². The van der Waals surface area contributed by atoms with Gasteiger partial charge in [-0.05, 0) is 24.8 Å². The lowest BCUT2D eigenvalue weighted by Gasteiger charge is -2.32. The van der Waals surface area contributed by atoms with Gasteiger partial charge in [-0.3, -0.25) is 0 Å². The molecular weight excluding hydrogens is 200 g/mol. The summed E-state index contributed by atoms with van der Waals surface area (Å²) in [5.74, 6) is 0. The number of hydrogen-bond donors (Lipinski definition) is 2. The molecule has 2 nitrogen and oxygen atoms in total. The molecule has 2 heteroatoms. The van der Waals surface area contributed by atoms with Crippen LogP contribution in [0.2, 0.25) is 0 Å². The Morgan fingerprint density at radius 2 is 1.62 bits per heavy atom. The molecule has 0 heterocycles. The second-order valence-corrected chi connectivity index (χ2v) is 3.87. The van der Waals surface area contributed by atoms with Gasteiger partial charge in [0.1, 0.15) is 0 Å². The van der Waals surface area contributed by atoms with Crippen LogP contribution in [0.15, 0.2) is 43.0 Å². The van der Waals surface area contributed by atoms with Crippen molar-refractivity contribution in [2.24, 2.45) is 0 Å². The van der Waals surface area contributed by atoms with E-state index in [9.17, 15) is 10.2 Å². The zero-order valence-electron chi connectivity index (χ0n) is 9.47. The van der Waals surface area contributed by atoms with Crippen LogP contribution in [0.25, 0.3) is 0 Å². The first-order valence-corrected chi connectivity index (χ1v) is 5.53. The number of allylic oxidation sites excluding steroid dienone is 1. The average molecular weight is 219 g/mol. The van der Waals surface area contributed by atoms with Crippen LogP contribution in [0.5, 0.6) is 0 Å². The van der Waals surface area contributed by atoms with Gasteiger partial charge < -0.3 is 10.2 Å². The Kier molecular flexibility index (Phi) is 5.23. The van der Waals surface area contributed by atoms with E-state index in [0.29, 0.717) is 12.8 Å². The predicted octanol–water partition coefficient (Wildman–Crippen LogP) is 2.08. The first kappa shape index (κ1) is 12.9. The van der Waals surface area contributed by atoms with Crippen molar-refractivity contribution in [1.82, 2.24) is 0 Å². The van der Waals surface area contributed by atoms with Gasteiger partial charge in [0, 0.05) is 18.6 Å². The van der Waals surface area contributed by atoms with Crippen LogP contribution in [0, 0.1) is 6.42 Å². The Hall–Kier alpha value is -1.12. The van der Waals surface area contributed by atoms with Gasteiger partial charge in [-0.1, -0.05) is 36.4 Å². The average Bonchev–Trinajstić information content (AvgIpc) is 2.31. The van der Waals surface area contributed by atoms with Crippen molar-refractivity contribution in [1.29, 1.82) is 0 Å². The van der Waals surface area contributed by atoms with Crippen molar-refractivity contribution in [3.05, 3.63) is 55.0 Å². The third-order valence-electron chi connectivity index (χ3n) is 2.90. The predicted molar refractivity (Wildman–Crippen MR) is 66.0 cm³/mol. The molecular formula is C14H19O2. The molecule has 0 saturated carbocycles. The Balaban J connectivity index is 3.04. The van der Waals surface area contributed by atoms with E-state index >= 15 is 0 Å². The molecule has 0 amide bonds. The van der Waals surface area contributed by atoms with Crippen molar-refractivity contribution < 1.29 is 10.2 Å². The highest BCUT2D eigenvalue weighted by Gasteiger charge is 2.29. The van der Waals surface area contributed by atoms with Gasteiger partial charge in [0.25, 0.3) is 0 Å². The minimum absolute atomic E-state index is 0.0965. The molecule has 87 valence electrons. The molecule has 0 aromatic heterocycles. The summed E-state index contributed by atoms with van der Waals surface area (Å²) in [5, 5.41) is 18.4. The summed E-state index contributed by atoms with van der Waals surface area (Å²) >= 11 is 0. The smallest absolute Gasteiger partial charge is 0.0439 e. The highest BCUT2D eigenvalue weighted by Crippen LogP contribution is 2.34. The summed E-state index contributed by atoms with van der Waals surface area (Å²) in [6, 6.07) is 9.93. The van der Waals surface area contributed by atoms with Crippen molar-refractivity contribution in [2.75, 3.05) is 13.2 Å². The largest absolute Gasteiger partial charge is 0.396 e. The summed E-state index contributed by atoms with van der Waals surface area (Å²) < 4.78 is 0. The summed E-state index contributed by atoms with van der Waals surface area (Å²) in [5.41, 5.74) is 0.810. The molecule has 1 rings (SSSR count). The van der Waals surface area contributed by atoms with Gasteiger partial charge in [0.05, 0.1) is 0 Å². The van der Waals surface area contributed by atoms with E-state index in [0.717, 1.165) is 5.56 Å². The fourth-order valence-corrected chi connectivity index (χ4v) is 2.07. The van der Waals surface area contributed by atoms with Crippen LogP contribution in [0.3, 0.4) is 0 Å². The highest BCUT2D eigenvalue weighted by atomic mass is 16.3. The lowest BCUT2D eigenvalue weighted by molar-refractivity contribution is 0.208. The third kappa shape index (κ3) is 2.94. The number of aliphatic hydroxyl groups is 2. The van der Waals surface area contributed by atoms with E-state index in [-0.39, 0.29) is 18.6 Å². The van der Waals surface area contributed by atoms with E-state index in [1.54, 1.807) is 6.08 Å². The monoisotopic (exact) mass is 219 g/mol. The topological polar surface area (TPSA) is 40.5 Å². The lowest BCUT2D eigenvalue weighted by Crippen LogP contribution is -2.29. The summed E-state index contributed by atoms with van der Waals surface area (Å²) in [7, 11) is 0. The van der Waals surface area contributed by atoms with Gasteiger partial charge in [-0.25, -0.2) is 0 Å². The molecule has 0 aliphatic rings. The van der Waals surface area contributed by atoms with Crippen LogP contribution in [0.1, 0.15) is 18.4 Å². The van der Waals surface area contributed by atoms with Gasteiger partial charge in [-0.2, -0.15) is 0 Å². The van der Waals surface area contributed by atoms with E-state index in [1.807, 2.05) is 36.8 Å². The van der Waals surface area contributed by atoms with Crippen LogP contribution in [-0.2, 0) is 5.41 Å². The Labute approximate surface area is 97.2 Å². The van der Waals surface area contributed by atoms with E-state index in [2.05, 4.69) is 6.58 Å². The number of benzene rings is 1. The number of hydrogen-bond acceptors (Lipinski definition) is 2. The zero-order valence-corrected chi connectivity index (χ0v) is 9.47. The van der Waals surface area contributed by atoms with E-state index in [4.69, 9.17) is 0 Å². The Morgan fingerprint density at radius 1 is 1.06 bits per heavy atom. The van der Waals surface area contributed by atoms with E-state index < -0.39 is 0 Å². The fourth-order valence-electron chi connectivity index (χ4n) is 2.07. The molecule has 0 atom stereocenters. The van der Waals surface area contributed by atoms with Gasteiger partial charge in [-0.15, -0.1) is 6.58 Å². The third-order valence-corrected chi connectivity index (χ3v) is 2.90. The maximum Gasteiger partial charge on any atom is 0.0439 e. The van der Waals surface area contributed by atoms with Crippen LogP contribution in [0.4, 0.5) is 0 Å². The van der Waals surface area contributed by atoms with Crippen molar-refractivity contribution in [3.8, 4) is 0 Å². The van der Waals surface area contributed by atoms with Gasteiger partial charge >= 0.3 is 0 Å². The summed E-state index contributed by atoms with van der Waals surface area (Å²) in [6.07, 6.45) is 4.90. The number of aliphatic hydroxyl groups excluding tert-OH is 2. The molecule has 1 aromatic carbocycles. The lowest BCUT2D eigenvalue weighted by atomic mass is 9.73. The minimum Gasteiger partial charge on any atom is -0.396 e. The maximum absolute atomic E-state index is 9.18. The molecule has 1 radical (unpaired) electrons. The molecule has 0 fully saturated rings. The molecule has 0 unspecified atom stereocenters. The molecule has 0 aliphatic carbocycles. The fraction of sp³-hybridized carbons (Fsp3) is 0.357. The Morgan fingerprint density at radius 3 is 2.06 bits per heavy atom.